The smallest absolute Gasteiger partial charge is 0.316 e. The average molecular weight is 304 g/mol. The van der Waals surface area contributed by atoms with Gasteiger partial charge in [-0.15, -0.1) is 11.8 Å². The molecule has 0 heterocycles. The third-order valence-corrected chi connectivity index (χ3v) is 3.63. The van der Waals surface area contributed by atoms with Crippen LogP contribution in [0.1, 0.15) is 13.8 Å². The molecule has 0 unspecified atom stereocenters. The summed E-state index contributed by atoms with van der Waals surface area (Å²) in [6, 6.07) is 5.50. The summed E-state index contributed by atoms with van der Waals surface area (Å²) >= 11 is 4.82. The summed E-state index contributed by atoms with van der Waals surface area (Å²) in [4.78, 5) is 12.3. The molecule has 0 amide bonds. The van der Waals surface area contributed by atoms with E-state index in [4.69, 9.17) is 10.5 Å². The maximum atomic E-state index is 11.3. The van der Waals surface area contributed by atoms with Crippen molar-refractivity contribution >= 4 is 39.3 Å². The fourth-order valence-corrected chi connectivity index (χ4v) is 2.51. The Kier molecular flexibility index (Phi) is 5.15. The monoisotopic (exact) mass is 303 g/mol. The molecule has 1 aromatic rings. The number of carbonyl (C=O) groups is 1. The van der Waals surface area contributed by atoms with E-state index in [2.05, 4.69) is 15.9 Å². The first-order chi connectivity index (χ1) is 7.49. The predicted octanol–water partition coefficient (Wildman–Crippen LogP) is 3.08. The van der Waals surface area contributed by atoms with Crippen LogP contribution in [-0.4, -0.2) is 17.8 Å². The molecule has 5 heteroatoms. The second-order valence-corrected chi connectivity index (χ2v) is 5.39. The van der Waals surface area contributed by atoms with E-state index in [0.29, 0.717) is 11.4 Å². The van der Waals surface area contributed by atoms with Crippen LogP contribution >= 0.6 is 27.7 Å². The Labute approximate surface area is 108 Å². The van der Waals surface area contributed by atoms with Crippen molar-refractivity contribution < 1.29 is 9.53 Å². The first-order valence-electron chi connectivity index (χ1n) is 4.86. The highest BCUT2D eigenvalue weighted by atomic mass is 79.9. The van der Waals surface area contributed by atoms with Crippen LogP contribution in [0.3, 0.4) is 0 Å². The molecule has 0 spiro atoms. The standard InChI is InChI=1S/C11H14BrNO2S/c1-7(2)15-11(14)6-16-10-4-3-8(13)5-9(10)12/h3-5,7H,6,13H2,1-2H3. The summed E-state index contributed by atoms with van der Waals surface area (Å²) in [7, 11) is 0. The summed E-state index contributed by atoms with van der Waals surface area (Å²) in [5.41, 5.74) is 6.31. The van der Waals surface area contributed by atoms with Gasteiger partial charge in [0.1, 0.15) is 0 Å². The second kappa shape index (κ2) is 6.15. The van der Waals surface area contributed by atoms with Crippen LogP contribution < -0.4 is 5.73 Å². The van der Waals surface area contributed by atoms with Gasteiger partial charge in [0.05, 0.1) is 11.9 Å². The number of hydrogen-bond acceptors (Lipinski definition) is 4. The SMILES string of the molecule is CC(C)OC(=O)CSc1ccc(N)cc1Br. The lowest BCUT2D eigenvalue weighted by atomic mass is 10.3. The third-order valence-electron chi connectivity index (χ3n) is 1.67. The van der Waals surface area contributed by atoms with Crippen molar-refractivity contribution in [2.75, 3.05) is 11.5 Å². The normalized spacial score (nSPS) is 10.5. The molecule has 0 saturated heterocycles. The summed E-state index contributed by atoms with van der Waals surface area (Å²) in [6.07, 6.45) is -0.0667. The molecule has 0 radical (unpaired) electrons. The van der Waals surface area contributed by atoms with Gasteiger partial charge >= 0.3 is 5.97 Å². The van der Waals surface area contributed by atoms with Crippen molar-refractivity contribution in [1.82, 2.24) is 0 Å². The quantitative estimate of drug-likeness (QED) is 0.527. The van der Waals surface area contributed by atoms with Gasteiger partial charge in [0.2, 0.25) is 0 Å². The topological polar surface area (TPSA) is 52.3 Å². The van der Waals surface area contributed by atoms with Gasteiger partial charge in [-0.3, -0.25) is 4.79 Å². The Morgan fingerprint density at radius 2 is 2.25 bits per heavy atom. The molecule has 0 aliphatic heterocycles. The molecular weight excluding hydrogens is 290 g/mol. The zero-order valence-electron chi connectivity index (χ0n) is 9.20. The molecule has 0 fully saturated rings. The number of thioether (sulfide) groups is 1. The molecule has 0 atom stereocenters. The molecule has 2 N–H and O–H groups in total. The van der Waals surface area contributed by atoms with E-state index in [1.807, 2.05) is 26.0 Å². The maximum absolute atomic E-state index is 11.3. The number of ether oxygens (including phenoxy) is 1. The van der Waals surface area contributed by atoms with Gasteiger partial charge in [-0.2, -0.15) is 0 Å². The van der Waals surface area contributed by atoms with Crippen LogP contribution in [-0.2, 0) is 9.53 Å². The number of esters is 1. The number of hydrogen-bond donors (Lipinski definition) is 1. The lowest BCUT2D eigenvalue weighted by Crippen LogP contribution is -2.13. The van der Waals surface area contributed by atoms with Crippen molar-refractivity contribution in [3.05, 3.63) is 22.7 Å². The van der Waals surface area contributed by atoms with Gasteiger partial charge in [0.15, 0.2) is 0 Å². The van der Waals surface area contributed by atoms with Crippen LogP contribution in [0.4, 0.5) is 5.69 Å². The molecule has 16 heavy (non-hydrogen) atoms. The fraction of sp³-hybridized carbons (Fsp3) is 0.364. The van der Waals surface area contributed by atoms with Crippen LogP contribution in [0.15, 0.2) is 27.6 Å². The largest absolute Gasteiger partial charge is 0.462 e. The number of benzene rings is 1. The minimum absolute atomic E-state index is 0.0667. The predicted molar refractivity (Wildman–Crippen MR) is 70.5 cm³/mol. The maximum Gasteiger partial charge on any atom is 0.316 e. The van der Waals surface area contributed by atoms with Crippen LogP contribution in [0.5, 0.6) is 0 Å². The van der Waals surface area contributed by atoms with Crippen LogP contribution in [0, 0.1) is 0 Å². The minimum atomic E-state index is -0.205. The Balaban J connectivity index is 2.51. The van der Waals surface area contributed by atoms with E-state index in [1.165, 1.54) is 11.8 Å². The number of halogens is 1. The first-order valence-corrected chi connectivity index (χ1v) is 6.64. The summed E-state index contributed by atoms with van der Waals surface area (Å²) in [6.45, 7) is 3.67. The molecule has 1 aromatic carbocycles. The van der Waals surface area contributed by atoms with E-state index in [0.717, 1.165) is 9.37 Å². The van der Waals surface area contributed by atoms with Gasteiger partial charge in [-0.1, -0.05) is 0 Å². The highest BCUT2D eigenvalue weighted by Crippen LogP contribution is 2.29. The molecule has 88 valence electrons. The lowest BCUT2D eigenvalue weighted by molar-refractivity contribution is -0.144. The summed E-state index contributed by atoms with van der Waals surface area (Å²) < 4.78 is 5.93. The van der Waals surface area contributed by atoms with Gasteiger partial charge < -0.3 is 10.5 Å². The van der Waals surface area contributed by atoms with Crippen molar-refractivity contribution in [1.29, 1.82) is 0 Å². The molecule has 0 bridgehead atoms. The average Bonchev–Trinajstić information content (AvgIpc) is 2.15. The number of carbonyl (C=O) groups excluding carboxylic acids is 1. The van der Waals surface area contributed by atoms with Crippen molar-refractivity contribution in [2.24, 2.45) is 0 Å². The Bertz CT molecular complexity index is 382. The van der Waals surface area contributed by atoms with E-state index >= 15 is 0 Å². The minimum Gasteiger partial charge on any atom is -0.462 e. The first kappa shape index (κ1) is 13.4. The molecule has 0 aliphatic rings. The molecule has 0 aromatic heterocycles. The molecule has 3 nitrogen and oxygen atoms in total. The number of anilines is 1. The lowest BCUT2D eigenvalue weighted by Gasteiger charge is -2.08. The zero-order chi connectivity index (χ0) is 12.1. The highest BCUT2D eigenvalue weighted by Gasteiger charge is 2.08. The van der Waals surface area contributed by atoms with E-state index in [1.54, 1.807) is 6.07 Å². The van der Waals surface area contributed by atoms with Gasteiger partial charge in [0, 0.05) is 15.1 Å². The number of rotatable bonds is 4. The Hall–Kier alpha value is -0.680. The highest BCUT2D eigenvalue weighted by molar-refractivity contribution is 9.10. The zero-order valence-corrected chi connectivity index (χ0v) is 11.6. The van der Waals surface area contributed by atoms with Crippen molar-refractivity contribution in [3.63, 3.8) is 0 Å². The molecule has 1 rings (SSSR count). The van der Waals surface area contributed by atoms with E-state index < -0.39 is 0 Å². The summed E-state index contributed by atoms with van der Waals surface area (Å²) in [5.74, 6) is 0.101. The van der Waals surface area contributed by atoms with E-state index in [-0.39, 0.29) is 12.1 Å². The third kappa shape index (κ3) is 4.45. The molecule has 0 aliphatic carbocycles. The summed E-state index contributed by atoms with van der Waals surface area (Å²) in [5, 5.41) is 0. The molecular formula is C11H14BrNO2S. The van der Waals surface area contributed by atoms with Crippen molar-refractivity contribution in [3.8, 4) is 0 Å². The van der Waals surface area contributed by atoms with Gasteiger partial charge in [-0.25, -0.2) is 0 Å². The van der Waals surface area contributed by atoms with Gasteiger partial charge in [-0.05, 0) is 48.0 Å². The van der Waals surface area contributed by atoms with E-state index in [9.17, 15) is 4.79 Å². The Morgan fingerprint density at radius 3 is 2.81 bits per heavy atom. The number of nitrogen functional groups attached to an aromatic ring is 1. The number of nitrogens with two attached hydrogens (primary N) is 1. The van der Waals surface area contributed by atoms with Crippen LogP contribution in [0.2, 0.25) is 0 Å². The van der Waals surface area contributed by atoms with Gasteiger partial charge in [0.25, 0.3) is 0 Å². The molecule has 0 saturated carbocycles. The van der Waals surface area contributed by atoms with Crippen LogP contribution in [0.25, 0.3) is 0 Å². The van der Waals surface area contributed by atoms with Crippen molar-refractivity contribution in [2.45, 2.75) is 24.8 Å². The second-order valence-electron chi connectivity index (χ2n) is 3.52. The Morgan fingerprint density at radius 1 is 1.56 bits per heavy atom. The fourth-order valence-electron chi connectivity index (χ4n) is 1.07.